The number of primary amides is 1. The van der Waals surface area contributed by atoms with E-state index in [0.717, 1.165) is 22.3 Å². The van der Waals surface area contributed by atoms with Crippen LogP contribution in [0.5, 0.6) is 5.75 Å². The van der Waals surface area contributed by atoms with E-state index in [1.54, 1.807) is 18.2 Å². The van der Waals surface area contributed by atoms with Gasteiger partial charge >= 0.3 is 0 Å². The van der Waals surface area contributed by atoms with Crippen LogP contribution in [-0.4, -0.2) is 10.9 Å². The Bertz CT molecular complexity index is 914. The number of hydrogen-bond acceptors (Lipinski definition) is 4. The predicted octanol–water partition coefficient (Wildman–Crippen LogP) is 3.91. The Kier molecular flexibility index (Phi) is 4.14. The van der Waals surface area contributed by atoms with Crippen LogP contribution in [0.2, 0.25) is 5.02 Å². The topological polar surface area (TPSA) is 65.2 Å². The van der Waals surface area contributed by atoms with E-state index in [4.69, 9.17) is 22.1 Å². The Morgan fingerprint density at radius 3 is 2.83 bits per heavy atom. The molecule has 2 aromatic carbocycles. The van der Waals surface area contributed by atoms with Crippen LogP contribution < -0.4 is 10.5 Å². The number of fused-ring (bicyclic) bond motifs is 1. The minimum absolute atomic E-state index is 0.0300. The van der Waals surface area contributed by atoms with Crippen molar-refractivity contribution in [2.75, 3.05) is 0 Å². The lowest BCUT2D eigenvalue weighted by molar-refractivity contribution is 0.0991. The first-order chi connectivity index (χ1) is 11.0. The van der Waals surface area contributed by atoms with Crippen LogP contribution in [0.3, 0.4) is 0 Å². The maximum absolute atomic E-state index is 14.0. The van der Waals surface area contributed by atoms with Crippen molar-refractivity contribution >= 4 is 39.1 Å². The summed E-state index contributed by atoms with van der Waals surface area (Å²) in [7, 11) is 0. The minimum atomic E-state index is -1.19. The number of halogens is 3. The average molecular weight is 355 g/mol. The molecule has 0 aliphatic rings. The smallest absolute Gasteiger partial charge is 0.254 e. The number of hydrogen-bond donors (Lipinski definition) is 1. The molecule has 4 nitrogen and oxygen atoms in total. The van der Waals surface area contributed by atoms with E-state index in [2.05, 4.69) is 4.98 Å². The first-order valence-corrected chi connectivity index (χ1v) is 7.60. The Hall–Kier alpha value is -2.25. The van der Waals surface area contributed by atoms with Gasteiger partial charge in [-0.1, -0.05) is 11.6 Å². The number of ether oxygens (including phenoxy) is 1. The summed E-state index contributed by atoms with van der Waals surface area (Å²) in [6, 6.07) is 7.27. The fraction of sp³-hybridized carbons (Fsp3) is 0.0667. The van der Waals surface area contributed by atoms with Gasteiger partial charge < -0.3 is 10.5 Å². The lowest BCUT2D eigenvalue weighted by Crippen LogP contribution is -2.16. The second-order valence-corrected chi connectivity index (χ2v) is 6.16. The SMILES string of the molecule is NC(=O)c1c(F)ccc(OCc2nc3ccc(Cl)cc3s2)c1F. The van der Waals surface area contributed by atoms with E-state index in [1.165, 1.54) is 11.3 Å². The van der Waals surface area contributed by atoms with Crippen molar-refractivity contribution < 1.29 is 18.3 Å². The van der Waals surface area contributed by atoms with E-state index < -0.39 is 23.1 Å². The zero-order valence-electron chi connectivity index (χ0n) is 11.5. The third kappa shape index (κ3) is 3.11. The van der Waals surface area contributed by atoms with Gasteiger partial charge in [0.1, 0.15) is 23.0 Å². The molecule has 1 aromatic heterocycles. The highest BCUT2D eigenvalue weighted by atomic mass is 35.5. The normalized spacial score (nSPS) is 10.9. The van der Waals surface area contributed by atoms with Crippen LogP contribution in [0.25, 0.3) is 10.2 Å². The van der Waals surface area contributed by atoms with Crippen LogP contribution in [0, 0.1) is 11.6 Å². The first-order valence-electron chi connectivity index (χ1n) is 6.41. The van der Waals surface area contributed by atoms with Crippen molar-refractivity contribution in [3.63, 3.8) is 0 Å². The molecular formula is C15H9ClF2N2O2S. The second-order valence-electron chi connectivity index (χ2n) is 4.61. The molecule has 3 aromatic rings. The molecular weight excluding hydrogens is 346 g/mol. The summed E-state index contributed by atoms with van der Waals surface area (Å²) in [5.74, 6) is -3.61. The summed E-state index contributed by atoms with van der Waals surface area (Å²) in [4.78, 5) is 15.4. The molecule has 0 spiro atoms. The Morgan fingerprint density at radius 2 is 2.09 bits per heavy atom. The molecule has 1 heterocycles. The number of amides is 1. The van der Waals surface area contributed by atoms with Gasteiger partial charge in [-0.05, 0) is 30.3 Å². The Balaban J connectivity index is 1.85. The molecule has 0 atom stereocenters. The van der Waals surface area contributed by atoms with Gasteiger partial charge in [0.2, 0.25) is 0 Å². The summed E-state index contributed by atoms with van der Waals surface area (Å²) < 4.78 is 33.6. The van der Waals surface area contributed by atoms with Crippen molar-refractivity contribution in [3.8, 4) is 5.75 Å². The Labute approximate surface area is 138 Å². The number of nitrogens with zero attached hydrogens (tertiary/aromatic N) is 1. The van der Waals surface area contributed by atoms with E-state index in [0.29, 0.717) is 10.0 Å². The number of aromatic nitrogens is 1. The zero-order chi connectivity index (χ0) is 16.6. The number of rotatable bonds is 4. The van der Waals surface area contributed by atoms with Gasteiger partial charge in [0.25, 0.3) is 5.91 Å². The molecule has 0 saturated carbocycles. The van der Waals surface area contributed by atoms with E-state index in [-0.39, 0.29) is 12.4 Å². The van der Waals surface area contributed by atoms with Crippen LogP contribution in [0.1, 0.15) is 15.4 Å². The highest BCUT2D eigenvalue weighted by Gasteiger charge is 2.19. The van der Waals surface area contributed by atoms with Crippen LogP contribution in [0.4, 0.5) is 8.78 Å². The van der Waals surface area contributed by atoms with Crippen molar-refractivity contribution in [2.24, 2.45) is 5.73 Å². The summed E-state index contributed by atoms with van der Waals surface area (Å²) in [5, 5.41) is 1.18. The quantitative estimate of drug-likeness (QED) is 0.772. The fourth-order valence-electron chi connectivity index (χ4n) is 2.02. The van der Waals surface area contributed by atoms with Crippen LogP contribution in [-0.2, 0) is 6.61 Å². The van der Waals surface area contributed by atoms with Gasteiger partial charge in [-0.3, -0.25) is 4.79 Å². The molecule has 0 aliphatic carbocycles. The summed E-state index contributed by atoms with van der Waals surface area (Å²) in [5.41, 5.74) is 4.88. The molecule has 0 aliphatic heterocycles. The fourth-order valence-corrected chi connectivity index (χ4v) is 3.17. The minimum Gasteiger partial charge on any atom is -0.483 e. The number of carbonyl (C=O) groups excluding carboxylic acids is 1. The molecule has 0 saturated heterocycles. The van der Waals surface area contributed by atoms with E-state index in [1.807, 2.05) is 0 Å². The third-order valence-electron chi connectivity index (χ3n) is 3.05. The second kappa shape index (κ2) is 6.10. The molecule has 0 fully saturated rings. The number of carbonyl (C=O) groups is 1. The first kappa shape index (κ1) is 15.6. The van der Waals surface area contributed by atoms with Crippen molar-refractivity contribution in [1.82, 2.24) is 4.98 Å². The van der Waals surface area contributed by atoms with Gasteiger partial charge in [0, 0.05) is 5.02 Å². The van der Waals surface area contributed by atoms with Gasteiger partial charge in [-0.25, -0.2) is 13.8 Å². The molecule has 23 heavy (non-hydrogen) atoms. The van der Waals surface area contributed by atoms with Crippen LogP contribution in [0.15, 0.2) is 30.3 Å². The van der Waals surface area contributed by atoms with Crippen molar-refractivity contribution in [1.29, 1.82) is 0 Å². The predicted molar refractivity (Wildman–Crippen MR) is 83.8 cm³/mol. The maximum atomic E-state index is 14.0. The number of nitrogens with two attached hydrogens (primary N) is 1. The molecule has 0 radical (unpaired) electrons. The monoisotopic (exact) mass is 354 g/mol. The van der Waals surface area contributed by atoms with E-state index in [9.17, 15) is 13.6 Å². The van der Waals surface area contributed by atoms with Gasteiger partial charge in [0.05, 0.1) is 10.2 Å². The molecule has 8 heteroatoms. The molecule has 118 valence electrons. The standard InChI is InChI=1S/C15H9ClF2N2O2S/c16-7-1-3-9-11(5-7)23-12(20-9)6-22-10-4-2-8(17)13(14(10)18)15(19)21/h1-5H,6H2,(H2,19,21). The van der Waals surface area contributed by atoms with Crippen molar-refractivity contribution in [2.45, 2.75) is 6.61 Å². The van der Waals surface area contributed by atoms with Crippen LogP contribution >= 0.6 is 22.9 Å². The number of benzene rings is 2. The van der Waals surface area contributed by atoms with Gasteiger partial charge in [0.15, 0.2) is 11.6 Å². The zero-order valence-corrected chi connectivity index (χ0v) is 13.0. The average Bonchev–Trinajstić information content (AvgIpc) is 2.88. The third-order valence-corrected chi connectivity index (χ3v) is 4.27. The molecule has 2 N–H and O–H groups in total. The Morgan fingerprint density at radius 1 is 1.30 bits per heavy atom. The molecule has 3 rings (SSSR count). The summed E-state index contributed by atoms with van der Waals surface area (Å²) in [6.07, 6.45) is 0. The van der Waals surface area contributed by atoms with Crippen molar-refractivity contribution in [3.05, 3.63) is 57.6 Å². The highest BCUT2D eigenvalue weighted by Crippen LogP contribution is 2.28. The lowest BCUT2D eigenvalue weighted by atomic mass is 10.2. The summed E-state index contributed by atoms with van der Waals surface area (Å²) in [6.45, 7) is -0.0300. The maximum Gasteiger partial charge on any atom is 0.254 e. The molecule has 1 amide bonds. The van der Waals surface area contributed by atoms with Gasteiger partial charge in [-0.15, -0.1) is 11.3 Å². The number of thiazole rings is 1. The molecule has 0 unspecified atom stereocenters. The molecule has 0 bridgehead atoms. The summed E-state index contributed by atoms with van der Waals surface area (Å²) >= 11 is 7.24. The van der Waals surface area contributed by atoms with E-state index >= 15 is 0 Å². The largest absolute Gasteiger partial charge is 0.483 e. The highest BCUT2D eigenvalue weighted by molar-refractivity contribution is 7.18. The lowest BCUT2D eigenvalue weighted by Gasteiger charge is -2.08. The van der Waals surface area contributed by atoms with Gasteiger partial charge in [-0.2, -0.15) is 0 Å².